The predicted octanol–water partition coefficient (Wildman–Crippen LogP) is 1.23. The molecular weight excluding hydrogens is 240 g/mol. The second-order valence-corrected chi connectivity index (χ2v) is 4.65. The molecule has 1 N–H and O–H groups in total. The Labute approximate surface area is 113 Å². The summed E-state index contributed by atoms with van der Waals surface area (Å²) in [6, 6.07) is 0.230. The molecule has 2 aromatic heterocycles. The Balaban J connectivity index is 2.23. The van der Waals surface area contributed by atoms with E-state index in [-0.39, 0.29) is 6.04 Å². The second kappa shape index (κ2) is 5.97. The minimum atomic E-state index is 0.230. The summed E-state index contributed by atoms with van der Waals surface area (Å²) in [4.78, 5) is 4.36. The molecule has 0 radical (unpaired) electrons. The van der Waals surface area contributed by atoms with Crippen molar-refractivity contribution in [2.24, 2.45) is 7.05 Å². The van der Waals surface area contributed by atoms with Crippen molar-refractivity contribution >= 4 is 0 Å². The Morgan fingerprint density at radius 2 is 2.16 bits per heavy atom. The Hall–Kier alpha value is -1.69. The van der Waals surface area contributed by atoms with Crippen LogP contribution in [0.4, 0.5) is 0 Å². The zero-order chi connectivity index (χ0) is 13.8. The molecule has 0 aliphatic rings. The van der Waals surface area contributed by atoms with Gasteiger partial charge in [-0.15, -0.1) is 0 Å². The lowest BCUT2D eigenvalue weighted by Crippen LogP contribution is -2.24. The first kappa shape index (κ1) is 13.7. The van der Waals surface area contributed by atoms with Crippen LogP contribution in [0.15, 0.2) is 12.5 Å². The smallest absolute Gasteiger partial charge is 0.138 e. The van der Waals surface area contributed by atoms with Crippen LogP contribution in [0.3, 0.4) is 0 Å². The van der Waals surface area contributed by atoms with Crippen LogP contribution in [-0.4, -0.2) is 31.1 Å². The Morgan fingerprint density at radius 3 is 2.74 bits per heavy atom. The summed E-state index contributed by atoms with van der Waals surface area (Å²) in [7, 11) is 1.95. The van der Waals surface area contributed by atoms with Gasteiger partial charge in [-0.05, 0) is 20.4 Å². The average Bonchev–Trinajstić information content (AvgIpc) is 2.95. The molecule has 0 saturated carbocycles. The van der Waals surface area contributed by atoms with Gasteiger partial charge >= 0.3 is 0 Å². The van der Waals surface area contributed by atoms with E-state index < -0.39 is 0 Å². The topological polar surface area (TPSA) is 60.6 Å². The first-order chi connectivity index (χ1) is 9.15. The van der Waals surface area contributed by atoms with E-state index in [4.69, 9.17) is 0 Å². The van der Waals surface area contributed by atoms with Crippen LogP contribution in [0.1, 0.15) is 37.0 Å². The molecule has 0 aliphatic carbocycles. The molecule has 1 unspecified atom stereocenters. The van der Waals surface area contributed by atoms with Gasteiger partial charge in [-0.1, -0.05) is 6.92 Å². The number of aromatic nitrogens is 5. The third-order valence-electron chi connectivity index (χ3n) is 3.26. The molecule has 1 atom stereocenters. The fourth-order valence-electron chi connectivity index (χ4n) is 2.39. The highest BCUT2D eigenvalue weighted by atomic mass is 15.3. The summed E-state index contributed by atoms with van der Waals surface area (Å²) in [6.45, 7) is 8.00. The summed E-state index contributed by atoms with van der Waals surface area (Å²) in [5.74, 6) is 1.01. The summed E-state index contributed by atoms with van der Waals surface area (Å²) in [6.07, 6.45) is 4.53. The minimum Gasteiger partial charge on any atom is -0.310 e. The Bertz CT molecular complexity index is 527. The van der Waals surface area contributed by atoms with Crippen molar-refractivity contribution in [1.29, 1.82) is 0 Å². The van der Waals surface area contributed by atoms with Gasteiger partial charge in [-0.25, -0.2) is 4.98 Å². The fraction of sp³-hybridized carbons (Fsp3) is 0.615. The number of nitrogens with one attached hydrogen (secondary N) is 1. The van der Waals surface area contributed by atoms with E-state index in [1.165, 1.54) is 5.56 Å². The summed E-state index contributed by atoms with van der Waals surface area (Å²) in [5, 5.41) is 12.2. The maximum Gasteiger partial charge on any atom is 0.138 e. The molecule has 104 valence electrons. The SMILES string of the molecule is CCNC(Cc1ncnn1CC)c1cn(C)nc1C. The first-order valence-electron chi connectivity index (χ1n) is 6.75. The fourth-order valence-corrected chi connectivity index (χ4v) is 2.39. The van der Waals surface area contributed by atoms with Gasteiger partial charge in [0, 0.05) is 37.8 Å². The van der Waals surface area contributed by atoms with Crippen LogP contribution in [0.5, 0.6) is 0 Å². The molecule has 0 amide bonds. The predicted molar refractivity (Wildman–Crippen MR) is 73.8 cm³/mol. The number of hydrogen-bond donors (Lipinski definition) is 1. The molecule has 2 rings (SSSR count). The molecule has 0 aliphatic heterocycles. The van der Waals surface area contributed by atoms with Gasteiger partial charge in [-0.2, -0.15) is 10.2 Å². The van der Waals surface area contributed by atoms with Crippen molar-refractivity contribution in [3.8, 4) is 0 Å². The van der Waals surface area contributed by atoms with E-state index >= 15 is 0 Å². The number of aryl methyl sites for hydroxylation is 3. The van der Waals surface area contributed by atoms with Crippen LogP contribution in [0.2, 0.25) is 0 Å². The third-order valence-corrected chi connectivity index (χ3v) is 3.26. The van der Waals surface area contributed by atoms with Crippen molar-refractivity contribution < 1.29 is 0 Å². The number of nitrogens with zero attached hydrogens (tertiary/aromatic N) is 5. The highest BCUT2D eigenvalue weighted by molar-refractivity contribution is 5.21. The molecular formula is C13H22N6. The molecule has 2 heterocycles. The largest absolute Gasteiger partial charge is 0.310 e. The van der Waals surface area contributed by atoms with E-state index in [1.807, 2.05) is 23.3 Å². The minimum absolute atomic E-state index is 0.230. The maximum atomic E-state index is 4.42. The van der Waals surface area contributed by atoms with Gasteiger partial charge in [0.05, 0.1) is 5.69 Å². The zero-order valence-electron chi connectivity index (χ0n) is 12.1. The van der Waals surface area contributed by atoms with Gasteiger partial charge in [0.25, 0.3) is 0 Å². The van der Waals surface area contributed by atoms with Crippen LogP contribution in [0.25, 0.3) is 0 Å². The van der Waals surface area contributed by atoms with Gasteiger partial charge in [-0.3, -0.25) is 9.36 Å². The van der Waals surface area contributed by atoms with Crippen LogP contribution < -0.4 is 5.32 Å². The van der Waals surface area contributed by atoms with Crippen molar-refractivity contribution in [1.82, 2.24) is 29.9 Å². The van der Waals surface area contributed by atoms with Crippen LogP contribution in [0, 0.1) is 6.92 Å². The van der Waals surface area contributed by atoms with Gasteiger partial charge in [0.15, 0.2) is 0 Å². The first-order valence-corrected chi connectivity index (χ1v) is 6.75. The van der Waals surface area contributed by atoms with Crippen LogP contribution >= 0.6 is 0 Å². The Morgan fingerprint density at radius 1 is 1.37 bits per heavy atom. The standard InChI is InChI=1S/C13H22N6/c1-5-14-12(11-8-18(4)17-10(11)3)7-13-15-9-16-19(13)6-2/h8-9,12,14H,5-7H2,1-4H3. The molecule has 0 aromatic carbocycles. The molecule has 0 fully saturated rings. The molecule has 6 heteroatoms. The van der Waals surface area contributed by atoms with E-state index in [1.54, 1.807) is 6.33 Å². The highest BCUT2D eigenvalue weighted by Gasteiger charge is 2.18. The number of likely N-dealkylation sites (N-methyl/N-ethyl adjacent to an activating group) is 1. The molecule has 19 heavy (non-hydrogen) atoms. The van der Waals surface area contributed by atoms with E-state index in [2.05, 4.69) is 40.5 Å². The Kier molecular flexibility index (Phi) is 4.31. The van der Waals surface area contributed by atoms with Gasteiger partial charge in [0.2, 0.25) is 0 Å². The third kappa shape index (κ3) is 3.01. The van der Waals surface area contributed by atoms with Gasteiger partial charge < -0.3 is 5.32 Å². The molecule has 0 saturated heterocycles. The normalized spacial score (nSPS) is 12.8. The highest BCUT2D eigenvalue weighted by Crippen LogP contribution is 2.20. The molecule has 6 nitrogen and oxygen atoms in total. The summed E-state index contributed by atoms with van der Waals surface area (Å²) in [5.41, 5.74) is 2.30. The van der Waals surface area contributed by atoms with E-state index in [0.717, 1.165) is 31.0 Å². The van der Waals surface area contributed by atoms with Crippen molar-refractivity contribution in [3.05, 3.63) is 29.6 Å². The number of rotatable bonds is 6. The lowest BCUT2D eigenvalue weighted by Gasteiger charge is -2.17. The number of hydrogen-bond acceptors (Lipinski definition) is 4. The second-order valence-electron chi connectivity index (χ2n) is 4.65. The molecule has 0 spiro atoms. The maximum absolute atomic E-state index is 4.42. The molecule has 0 bridgehead atoms. The summed E-state index contributed by atoms with van der Waals surface area (Å²) < 4.78 is 3.80. The zero-order valence-corrected chi connectivity index (χ0v) is 12.1. The lowest BCUT2D eigenvalue weighted by atomic mass is 10.0. The van der Waals surface area contributed by atoms with E-state index in [9.17, 15) is 0 Å². The average molecular weight is 262 g/mol. The van der Waals surface area contributed by atoms with Crippen molar-refractivity contribution in [2.75, 3.05) is 6.54 Å². The van der Waals surface area contributed by atoms with Crippen molar-refractivity contribution in [3.63, 3.8) is 0 Å². The quantitative estimate of drug-likeness (QED) is 0.850. The van der Waals surface area contributed by atoms with E-state index in [0.29, 0.717) is 0 Å². The van der Waals surface area contributed by atoms with Gasteiger partial charge in [0.1, 0.15) is 12.2 Å². The molecule has 2 aromatic rings. The lowest BCUT2D eigenvalue weighted by molar-refractivity contribution is 0.508. The monoisotopic (exact) mass is 262 g/mol. The van der Waals surface area contributed by atoms with Crippen LogP contribution in [-0.2, 0) is 20.0 Å². The van der Waals surface area contributed by atoms with Crippen molar-refractivity contribution in [2.45, 2.75) is 39.8 Å². The summed E-state index contributed by atoms with van der Waals surface area (Å²) >= 11 is 0.